The molecule has 0 unspecified atom stereocenters. The number of amides is 1. The van der Waals surface area contributed by atoms with E-state index in [1.54, 1.807) is 0 Å². The summed E-state index contributed by atoms with van der Waals surface area (Å²) in [6.45, 7) is 7.78. The molecule has 158 valence electrons. The first kappa shape index (κ1) is 21.8. The summed E-state index contributed by atoms with van der Waals surface area (Å²) in [5, 5.41) is 12.6. The Labute approximate surface area is 179 Å². The first-order valence-corrected chi connectivity index (χ1v) is 11.8. The summed E-state index contributed by atoms with van der Waals surface area (Å²) in [7, 11) is 1.91. The highest BCUT2D eigenvalue weighted by Crippen LogP contribution is 2.39. The van der Waals surface area contributed by atoms with Crippen LogP contribution in [0.15, 0.2) is 5.16 Å². The molecule has 29 heavy (non-hydrogen) atoms. The number of rotatable bonds is 7. The van der Waals surface area contributed by atoms with E-state index < -0.39 is 0 Å². The molecule has 0 saturated heterocycles. The molecule has 0 radical (unpaired) electrons. The van der Waals surface area contributed by atoms with E-state index in [4.69, 9.17) is 4.74 Å². The van der Waals surface area contributed by atoms with E-state index in [1.165, 1.54) is 28.0 Å². The molecule has 2 aromatic heterocycles. The van der Waals surface area contributed by atoms with Gasteiger partial charge in [0.1, 0.15) is 10.8 Å². The van der Waals surface area contributed by atoms with Gasteiger partial charge in [0, 0.05) is 17.8 Å². The number of nitrogens with zero attached hydrogens (tertiary/aromatic N) is 3. The monoisotopic (exact) mass is 436 g/mol. The molecule has 2 aromatic rings. The van der Waals surface area contributed by atoms with Gasteiger partial charge in [0.05, 0.1) is 17.4 Å². The smallest absolute Gasteiger partial charge is 0.341 e. The SMILES string of the molecule is CC(C)OC(=O)c1c(NC(=O)CSc2nnc(C(C)C)n2C)sc2c1CCCC2. The maximum atomic E-state index is 12.7. The molecule has 2 heterocycles. The van der Waals surface area contributed by atoms with Gasteiger partial charge >= 0.3 is 5.97 Å². The number of hydrogen-bond donors (Lipinski definition) is 1. The van der Waals surface area contributed by atoms with Crippen LogP contribution in [0.25, 0.3) is 0 Å². The molecule has 1 N–H and O–H groups in total. The van der Waals surface area contributed by atoms with Crippen LogP contribution < -0.4 is 5.32 Å². The van der Waals surface area contributed by atoms with Crippen LogP contribution in [0.4, 0.5) is 5.00 Å². The van der Waals surface area contributed by atoms with Gasteiger partial charge in [-0.25, -0.2) is 4.79 Å². The molecule has 0 bridgehead atoms. The van der Waals surface area contributed by atoms with E-state index in [0.29, 0.717) is 15.7 Å². The van der Waals surface area contributed by atoms with Crippen LogP contribution in [-0.2, 0) is 29.4 Å². The number of fused-ring (bicyclic) bond motifs is 1. The van der Waals surface area contributed by atoms with Gasteiger partial charge in [-0.2, -0.15) is 0 Å². The summed E-state index contributed by atoms with van der Waals surface area (Å²) in [6.07, 6.45) is 3.77. The Morgan fingerprint density at radius 2 is 1.93 bits per heavy atom. The van der Waals surface area contributed by atoms with Crippen molar-refractivity contribution in [3.8, 4) is 0 Å². The second kappa shape index (κ2) is 9.30. The molecule has 0 saturated carbocycles. The molecule has 9 heteroatoms. The van der Waals surface area contributed by atoms with Crippen molar-refractivity contribution < 1.29 is 14.3 Å². The first-order valence-electron chi connectivity index (χ1n) is 9.95. The van der Waals surface area contributed by atoms with Gasteiger partial charge in [-0.1, -0.05) is 25.6 Å². The lowest BCUT2D eigenvalue weighted by Crippen LogP contribution is -2.19. The fraction of sp³-hybridized carbons (Fsp3) is 0.600. The Hall–Kier alpha value is -1.87. The number of carbonyl (C=O) groups excluding carboxylic acids is 2. The topological polar surface area (TPSA) is 86.1 Å². The number of nitrogens with one attached hydrogen (secondary N) is 1. The zero-order valence-electron chi connectivity index (χ0n) is 17.6. The molecular formula is C20H28N4O3S2. The molecule has 0 fully saturated rings. The van der Waals surface area contributed by atoms with Gasteiger partial charge < -0.3 is 14.6 Å². The van der Waals surface area contributed by atoms with E-state index in [0.717, 1.165) is 37.1 Å². The molecule has 3 rings (SSSR count). The predicted molar refractivity (Wildman–Crippen MR) is 116 cm³/mol. The van der Waals surface area contributed by atoms with Crippen molar-refractivity contribution in [2.24, 2.45) is 7.05 Å². The lowest BCUT2D eigenvalue weighted by molar-refractivity contribution is -0.113. The summed E-state index contributed by atoms with van der Waals surface area (Å²) in [4.78, 5) is 26.5. The Balaban J connectivity index is 1.73. The summed E-state index contributed by atoms with van der Waals surface area (Å²) in [5.41, 5.74) is 1.59. The highest BCUT2D eigenvalue weighted by molar-refractivity contribution is 7.99. The molecule has 1 amide bonds. The number of aromatic nitrogens is 3. The summed E-state index contributed by atoms with van der Waals surface area (Å²) in [5.74, 6) is 0.837. The van der Waals surface area contributed by atoms with Gasteiger partial charge in [0.15, 0.2) is 5.16 Å². The Bertz CT molecular complexity index is 902. The normalized spacial score (nSPS) is 13.6. The van der Waals surface area contributed by atoms with Crippen LogP contribution in [0, 0.1) is 0 Å². The van der Waals surface area contributed by atoms with Crippen molar-refractivity contribution in [3.05, 3.63) is 21.8 Å². The minimum absolute atomic E-state index is 0.165. The highest BCUT2D eigenvalue weighted by Gasteiger charge is 2.28. The van der Waals surface area contributed by atoms with E-state index in [9.17, 15) is 9.59 Å². The number of hydrogen-bond acceptors (Lipinski definition) is 7. The first-order chi connectivity index (χ1) is 13.8. The fourth-order valence-corrected chi connectivity index (χ4v) is 5.40. The number of anilines is 1. The quantitative estimate of drug-likeness (QED) is 0.518. The van der Waals surface area contributed by atoms with Gasteiger partial charge in [0.2, 0.25) is 5.91 Å². The zero-order valence-corrected chi connectivity index (χ0v) is 19.2. The predicted octanol–water partition coefficient (Wildman–Crippen LogP) is 4.17. The molecule has 0 aromatic carbocycles. The van der Waals surface area contributed by atoms with Crippen LogP contribution in [0.3, 0.4) is 0 Å². The van der Waals surface area contributed by atoms with Crippen molar-refractivity contribution in [1.29, 1.82) is 0 Å². The lowest BCUT2D eigenvalue weighted by Gasteiger charge is -2.14. The molecule has 0 spiro atoms. The Morgan fingerprint density at radius 1 is 1.21 bits per heavy atom. The van der Waals surface area contributed by atoms with Gasteiger partial charge in [0.25, 0.3) is 0 Å². The summed E-state index contributed by atoms with van der Waals surface area (Å²) in [6, 6.07) is 0. The summed E-state index contributed by atoms with van der Waals surface area (Å²) < 4.78 is 7.36. The fourth-order valence-electron chi connectivity index (χ4n) is 3.39. The number of thiophene rings is 1. The van der Waals surface area contributed by atoms with E-state index >= 15 is 0 Å². The minimum atomic E-state index is -0.350. The number of aryl methyl sites for hydroxylation is 1. The lowest BCUT2D eigenvalue weighted by atomic mass is 9.95. The van der Waals surface area contributed by atoms with Gasteiger partial charge in [-0.15, -0.1) is 21.5 Å². The Morgan fingerprint density at radius 3 is 2.59 bits per heavy atom. The molecule has 0 aliphatic heterocycles. The van der Waals surface area contributed by atoms with Crippen molar-refractivity contribution in [3.63, 3.8) is 0 Å². The number of carbonyl (C=O) groups is 2. The molecule has 1 aliphatic carbocycles. The van der Waals surface area contributed by atoms with Crippen molar-refractivity contribution in [1.82, 2.24) is 14.8 Å². The summed E-state index contributed by atoms with van der Waals surface area (Å²) >= 11 is 2.84. The van der Waals surface area contributed by atoms with E-state index in [2.05, 4.69) is 29.4 Å². The standard InChI is InChI=1S/C20H28N4O3S2/c1-11(2)17-22-23-20(24(17)5)28-10-15(25)21-18-16(19(26)27-12(3)4)13-8-6-7-9-14(13)29-18/h11-12H,6-10H2,1-5H3,(H,21,25). The van der Waals surface area contributed by atoms with Crippen LogP contribution in [-0.4, -0.2) is 38.5 Å². The maximum Gasteiger partial charge on any atom is 0.341 e. The molecule has 7 nitrogen and oxygen atoms in total. The number of thioether (sulfide) groups is 1. The average Bonchev–Trinajstić information content (AvgIpc) is 3.19. The second-order valence-corrected chi connectivity index (χ2v) is 9.81. The third-order valence-electron chi connectivity index (χ3n) is 4.69. The van der Waals surface area contributed by atoms with Crippen molar-refractivity contribution in [2.75, 3.05) is 11.1 Å². The van der Waals surface area contributed by atoms with Crippen LogP contribution in [0.2, 0.25) is 0 Å². The van der Waals surface area contributed by atoms with Crippen LogP contribution in [0.5, 0.6) is 0 Å². The van der Waals surface area contributed by atoms with Gasteiger partial charge in [-0.3, -0.25) is 4.79 Å². The van der Waals surface area contributed by atoms with Crippen molar-refractivity contribution >= 4 is 40.0 Å². The minimum Gasteiger partial charge on any atom is -0.459 e. The van der Waals surface area contributed by atoms with Crippen molar-refractivity contribution in [2.45, 2.75) is 70.6 Å². The molecular weight excluding hydrogens is 408 g/mol. The van der Waals surface area contributed by atoms with Gasteiger partial charge in [-0.05, 0) is 45.1 Å². The van der Waals surface area contributed by atoms with E-state index in [1.807, 2.05) is 25.5 Å². The third-order valence-corrected chi connectivity index (χ3v) is 6.92. The average molecular weight is 437 g/mol. The van der Waals surface area contributed by atoms with Crippen LogP contribution in [0.1, 0.15) is 73.1 Å². The number of esters is 1. The number of ether oxygens (including phenoxy) is 1. The van der Waals surface area contributed by atoms with Crippen LogP contribution >= 0.6 is 23.1 Å². The maximum absolute atomic E-state index is 12.7. The second-order valence-electron chi connectivity index (χ2n) is 7.76. The largest absolute Gasteiger partial charge is 0.459 e. The Kier molecular flexibility index (Phi) is 7.00. The zero-order chi connectivity index (χ0) is 21.1. The highest BCUT2D eigenvalue weighted by atomic mass is 32.2. The molecule has 0 atom stereocenters. The van der Waals surface area contributed by atoms with E-state index in [-0.39, 0.29) is 29.7 Å². The third kappa shape index (κ3) is 5.01. The molecule has 1 aliphatic rings.